The third-order valence-corrected chi connectivity index (χ3v) is 0.965. The Morgan fingerprint density at radius 3 is 2.70 bits per heavy atom. The first-order valence-electron chi connectivity index (χ1n) is 2.57. The van der Waals surface area contributed by atoms with Crippen LogP contribution in [0.15, 0.2) is 15.7 Å². The Kier molecular flexibility index (Phi) is 1.44. The van der Waals surface area contributed by atoms with Crippen molar-refractivity contribution in [1.29, 1.82) is 0 Å². The summed E-state index contributed by atoms with van der Waals surface area (Å²) in [4.78, 5) is 10.4. The van der Waals surface area contributed by atoms with Crippen LogP contribution in [0.5, 0.6) is 0 Å². The minimum Gasteiger partial charge on any atom is -0.763 e. The van der Waals surface area contributed by atoms with Crippen molar-refractivity contribution in [1.82, 2.24) is 0 Å². The molecular weight excluding hydrogens is 128 g/mol. The van der Waals surface area contributed by atoms with Gasteiger partial charge in [0.25, 0.3) is 0 Å². The van der Waals surface area contributed by atoms with Crippen LogP contribution in [0.4, 0.5) is 0 Å². The predicted molar refractivity (Wildman–Crippen MR) is 39.0 cm³/mol. The van der Waals surface area contributed by atoms with Gasteiger partial charge < -0.3 is 10.3 Å². The van der Waals surface area contributed by atoms with Gasteiger partial charge in [-0.2, -0.15) is 0 Å². The number of nitrogens with zero attached hydrogens (tertiary/aromatic N) is 4. The van der Waals surface area contributed by atoms with Gasteiger partial charge in [-0.05, 0) is 0 Å². The molecule has 0 spiro atoms. The van der Waals surface area contributed by atoms with Gasteiger partial charge in [-0.1, -0.05) is 6.57 Å². The fraction of sp³-hybridized carbons (Fsp3) is 0.167. The summed E-state index contributed by atoms with van der Waals surface area (Å²) < 4.78 is 0. The minimum atomic E-state index is 0.0972. The molecule has 4 heteroatoms. The zero-order chi connectivity index (χ0) is 7.56. The highest BCUT2D eigenvalue weighted by Crippen LogP contribution is 2.07. The maximum Gasteiger partial charge on any atom is 0.303 e. The van der Waals surface area contributed by atoms with E-state index in [1.807, 2.05) is 0 Å². The molecule has 0 saturated heterocycles. The Labute approximate surface area is 57.9 Å². The van der Waals surface area contributed by atoms with E-state index in [0.29, 0.717) is 5.84 Å². The van der Waals surface area contributed by atoms with E-state index < -0.39 is 0 Å². The monoisotopic (exact) mass is 131 g/mol. The topological polar surface area (TPSA) is 51.4 Å². The van der Waals surface area contributed by atoms with Crippen molar-refractivity contribution in [3.8, 4) is 0 Å². The van der Waals surface area contributed by atoms with Gasteiger partial charge in [-0.15, -0.1) is 4.99 Å². The van der Waals surface area contributed by atoms with Crippen molar-refractivity contribution in [2.24, 2.45) is 9.98 Å². The molecule has 0 N–H and O–H groups in total. The van der Waals surface area contributed by atoms with Gasteiger partial charge in [0.15, 0.2) is 0 Å². The molecule has 0 atom stereocenters. The number of amidine groups is 2. The van der Waals surface area contributed by atoms with E-state index in [-0.39, 0.29) is 11.5 Å². The van der Waals surface area contributed by atoms with Crippen LogP contribution in [0.3, 0.4) is 0 Å². The zero-order valence-corrected chi connectivity index (χ0v) is 5.29. The molecule has 0 fully saturated rings. The zero-order valence-electron chi connectivity index (χ0n) is 5.29. The summed E-state index contributed by atoms with van der Waals surface area (Å²) in [6, 6.07) is 0. The summed E-state index contributed by atoms with van der Waals surface area (Å²) in [5.74, 6) is 2.35. The third-order valence-electron chi connectivity index (χ3n) is 0.965. The van der Waals surface area contributed by atoms with Crippen molar-refractivity contribution in [3.63, 3.8) is 0 Å². The van der Waals surface area contributed by atoms with Gasteiger partial charge in [-0.25, -0.2) is 4.99 Å². The van der Waals surface area contributed by atoms with Crippen LogP contribution in [-0.2, 0) is 0 Å². The average molecular weight is 131 g/mol. The van der Waals surface area contributed by atoms with Crippen molar-refractivity contribution >= 4 is 17.5 Å². The lowest BCUT2D eigenvalue weighted by molar-refractivity contribution is 1.51. The van der Waals surface area contributed by atoms with Crippen LogP contribution in [0, 0.1) is 6.57 Å². The van der Waals surface area contributed by atoms with Crippen LogP contribution in [0.2, 0.25) is 0 Å². The highest BCUT2D eigenvalue weighted by atomic mass is 15.1. The van der Waals surface area contributed by atoms with E-state index in [2.05, 4.69) is 14.8 Å². The predicted octanol–water partition coefficient (Wildman–Crippen LogP) is 0.859. The van der Waals surface area contributed by atoms with Gasteiger partial charge in [0.05, 0.1) is 0 Å². The van der Waals surface area contributed by atoms with Gasteiger partial charge >= 0.3 is 5.84 Å². The van der Waals surface area contributed by atoms with E-state index in [0.717, 1.165) is 0 Å². The van der Waals surface area contributed by atoms with Crippen LogP contribution >= 0.6 is 0 Å². The van der Waals surface area contributed by atoms with Gasteiger partial charge in [-0.3, -0.25) is 5.87 Å². The first kappa shape index (κ1) is 6.40. The van der Waals surface area contributed by atoms with E-state index in [1.165, 1.54) is 0 Å². The molecule has 0 aromatic heterocycles. The molecule has 0 radical (unpaired) electrons. The van der Waals surface area contributed by atoms with Gasteiger partial charge in [0, 0.05) is 6.92 Å². The standard InChI is InChI=1S/C6H3N4/c1-4-9-5(3-7)6(8-2)10-4/h1H3/q-1. The molecule has 4 nitrogen and oxygen atoms in total. The van der Waals surface area contributed by atoms with E-state index in [1.54, 1.807) is 12.8 Å². The van der Waals surface area contributed by atoms with Gasteiger partial charge in [0.2, 0.25) is 5.84 Å². The molecule has 1 heterocycles. The molecule has 1 rings (SSSR count). The number of rotatable bonds is 0. The maximum atomic E-state index is 8.37. The number of hydrogen-bond acceptors (Lipinski definition) is 2. The van der Waals surface area contributed by atoms with Crippen LogP contribution in [0.25, 0.3) is 10.3 Å². The van der Waals surface area contributed by atoms with Crippen molar-refractivity contribution in [2.75, 3.05) is 0 Å². The molecule has 0 unspecified atom stereocenters. The lowest BCUT2D eigenvalue weighted by Crippen LogP contribution is -1.88. The second-order valence-electron chi connectivity index (χ2n) is 1.67. The molecule has 48 valence electrons. The molecule has 1 aliphatic rings. The summed E-state index contributed by atoms with van der Waals surface area (Å²) in [5.41, 5.74) is 0.118. The number of hydrogen-bond donors (Lipinski definition) is 0. The summed E-state index contributed by atoms with van der Waals surface area (Å²) >= 11 is 0. The fourth-order valence-corrected chi connectivity index (χ4v) is 0.596. The SMILES string of the molecule is [C-]#[N+]C1=NC(C)=NC1=C=[N-]. The lowest BCUT2D eigenvalue weighted by atomic mass is 10.5. The molecule has 1 aliphatic heterocycles. The molecule has 0 aromatic carbocycles. The summed E-state index contributed by atoms with van der Waals surface area (Å²) in [6.45, 7) is 8.22. The van der Waals surface area contributed by atoms with Crippen LogP contribution in [-0.4, -0.2) is 17.5 Å². The van der Waals surface area contributed by atoms with Crippen molar-refractivity contribution in [3.05, 3.63) is 22.5 Å². The molecule has 0 amide bonds. The van der Waals surface area contributed by atoms with Gasteiger partial charge in [0.1, 0.15) is 5.70 Å². The van der Waals surface area contributed by atoms with Crippen LogP contribution in [0.1, 0.15) is 6.92 Å². The normalized spacial score (nSPS) is 15.4. The lowest BCUT2D eigenvalue weighted by Gasteiger charge is -1.85. The van der Waals surface area contributed by atoms with Crippen molar-refractivity contribution in [2.45, 2.75) is 6.92 Å². The molecule has 0 saturated carbocycles. The summed E-state index contributed by atoms with van der Waals surface area (Å²) in [7, 11) is 0. The minimum absolute atomic E-state index is 0.0972. The Hall–Kier alpha value is -1.72. The Morgan fingerprint density at radius 2 is 2.30 bits per heavy atom. The molecular formula is C6H3N4-. The maximum absolute atomic E-state index is 8.37. The summed E-state index contributed by atoms with van der Waals surface area (Å²) in [6.07, 6.45) is 0. The molecule has 0 aromatic rings. The first-order valence-corrected chi connectivity index (χ1v) is 2.57. The van der Waals surface area contributed by atoms with E-state index >= 15 is 0 Å². The highest BCUT2D eigenvalue weighted by Gasteiger charge is 2.12. The Morgan fingerprint density at radius 1 is 1.60 bits per heavy atom. The number of aliphatic imine (C=N–C) groups is 2. The second-order valence-corrected chi connectivity index (χ2v) is 1.67. The quantitative estimate of drug-likeness (QED) is 0.346. The van der Waals surface area contributed by atoms with Crippen LogP contribution < -0.4 is 0 Å². The Balaban J connectivity index is 3.16. The fourth-order valence-electron chi connectivity index (χ4n) is 0.596. The summed E-state index contributed by atoms with van der Waals surface area (Å²) in [5, 5.41) is 8.37. The van der Waals surface area contributed by atoms with E-state index in [4.69, 9.17) is 12.0 Å². The molecule has 10 heavy (non-hydrogen) atoms. The van der Waals surface area contributed by atoms with E-state index in [9.17, 15) is 0 Å². The highest BCUT2D eigenvalue weighted by molar-refractivity contribution is 6.20. The smallest absolute Gasteiger partial charge is 0.303 e. The second kappa shape index (κ2) is 2.26. The van der Waals surface area contributed by atoms with Crippen molar-refractivity contribution < 1.29 is 0 Å². The third kappa shape index (κ3) is 0.859. The first-order chi connectivity index (χ1) is 4.77. The Bertz CT molecular complexity index is 309. The largest absolute Gasteiger partial charge is 0.763 e. The average Bonchev–Trinajstić information content (AvgIpc) is 2.30. The molecule has 0 aliphatic carbocycles. The molecule has 0 bridgehead atoms.